The first-order chi connectivity index (χ1) is 9.58. The molecule has 0 aliphatic carbocycles. The Labute approximate surface area is 126 Å². The number of halogens is 2. The fraction of sp³-hybridized carbons (Fsp3) is 0.308. The maximum Gasteiger partial charge on any atom is 0.360 e. The van der Waals surface area contributed by atoms with Gasteiger partial charge in [-0.15, -0.1) is 5.10 Å². The van der Waals surface area contributed by atoms with E-state index < -0.39 is 5.97 Å². The zero-order valence-corrected chi connectivity index (χ0v) is 12.6. The van der Waals surface area contributed by atoms with Crippen molar-refractivity contribution in [1.29, 1.82) is 0 Å². The Balaban J connectivity index is 2.40. The van der Waals surface area contributed by atoms with E-state index in [1.165, 1.54) is 7.11 Å². The number of ether oxygens (including phenoxy) is 1. The lowest BCUT2D eigenvalue weighted by atomic mass is 10.2. The number of nitrogens with zero attached hydrogens (tertiary/aromatic N) is 3. The van der Waals surface area contributed by atoms with Crippen LogP contribution in [0.5, 0.6) is 0 Å². The molecule has 2 aromatic rings. The van der Waals surface area contributed by atoms with Crippen molar-refractivity contribution in [3.05, 3.63) is 45.2 Å². The summed E-state index contributed by atoms with van der Waals surface area (Å²) in [5.74, 6) is -0.502. The average Bonchev–Trinajstić information content (AvgIpc) is 2.85. The predicted molar refractivity (Wildman–Crippen MR) is 76.3 cm³/mol. The second-order valence-electron chi connectivity index (χ2n) is 4.09. The largest absolute Gasteiger partial charge is 0.464 e. The summed E-state index contributed by atoms with van der Waals surface area (Å²) in [6.45, 7) is 2.27. The van der Waals surface area contributed by atoms with Gasteiger partial charge in [0.05, 0.1) is 19.3 Å². The summed E-state index contributed by atoms with van der Waals surface area (Å²) in [6.07, 6.45) is 0.597. The first-order valence-electron chi connectivity index (χ1n) is 6.02. The molecule has 0 aliphatic rings. The van der Waals surface area contributed by atoms with Gasteiger partial charge in [0.15, 0.2) is 5.69 Å². The number of methoxy groups -OCH3 is 1. The highest BCUT2D eigenvalue weighted by Gasteiger charge is 2.20. The van der Waals surface area contributed by atoms with Gasteiger partial charge >= 0.3 is 5.97 Å². The third kappa shape index (κ3) is 2.78. The van der Waals surface area contributed by atoms with Crippen LogP contribution in [0.3, 0.4) is 0 Å². The summed E-state index contributed by atoms with van der Waals surface area (Å²) in [5, 5.41) is 8.95. The number of hydrogen-bond acceptors (Lipinski definition) is 4. The summed E-state index contributed by atoms with van der Waals surface area (Å²) < 4.78 is 6.29. The van der Waals surface area contributed by atoms with E-state index >= 15 is 0 Å². The van der Waals surface area contributed by atoms with Gasteiger partial charge < -0.3 is 4.74 Å². The number of carbonyl (C=O) groups excluding carboxylic acids is 1. The lowest BCUT2D eigenvalue weighted by Gasteiger charge is -2.09. The van der Waals surface area contributed by atoms with Gasteiger partial charge in [-0.05, 0) is 18.6 Å². The van der Waals surface area contributed by atoms with Gasteiger partial charge in [0.1, 0.15) is 0 Å². The molecule has 0 fully saturated rings. The van der Waals surface area contributed by atoms with E-state index in [9.17, 15) is 4.79 Å². The highest BCUT2D eigenvalue weighted by molar-refractivity contribution is 6.35. The molecule has 1 heterocycles. The van der Waals surface area contributed by atoms with Crippen LogP contribution in [0, 0.1) is 0 Å². The fourth-order valence-electron chi connectivity index (χ4n) is 1.90. The maximum atomic E-state index is 11.6. The average molecular weight is 314 g/mol. The zero-order chi connectivity index (χ0) is 14.7. The molecule has 20 heavy (non-hydrogen) atoms. The van der Waals surface area contributed by atoms with E-state index in [4.69, 9.17) is 23.2 Å². The highest BCUT2D eigenvalue weighted by atomic mass is 35.5. The summed E-state index contributed by atoms with van der Waals surface area (Å²) in [5.41, 5.74) is 1.65. The van der Waals surface area contributed by atoms with Crippen LogP contribution in [0.15, 0.2) is 18.2 Å². The minimum absolute atomic E-state index is 0.221. The van der Waals surface area contributed by atoms with Gasteiger partial charge in [-0.2, -0.15) is 0 Å². The van der Waals surface area contributed by atoms with Crippen LogP contribution in [0.25, 0.3) is 0 Å². The van der Waals surface area contributed by atoms with Crippen molar-refractivity contribution in [2.75, 3.05) is 7.11 Å². The fourth-order valence-corrected chi connectivity index (χ4v) is 2.42. The summed E-state index contributed by atoms with van der Waals surface area (Å²) in [4.78, 5) is 11.6. The standard InChI is InChI=1S/C13H13Cl2N3O2/c1-3-11-12(13(19)20-2)16-17-18(11)7-8-9(14)5-4-6-10(8)15/h4-6H,3,7H2,1-2H3. The minimum Gasteiger partial charge on any atom is -0.464 e. The molecule has 0 aliphatic heterocycles. The Kier molecular flexibility index (Phi) is 4.62. The van der Waals surface area contributed by atoms with E-state index in [1.54, 1.807) is 22.9 Å². The number of hydrogen-bond donors (Lipinski definition) is 0. The summed E-state index contributed by atoms with van der Waals surface area (Å²) in [7, 11) is 1.31. The second-order valence-corrected chi connectivity index (χ2v) is 4.90. The van der Waals surface area contributed by atoms with E-state index in [2.05, 4.69) is 15.0 Å². The van der Waals surface area contributed by atoms with E-state index in [1.807, 2.05) is 6.92 Å². The van der Waals surface area contributed by atoms with E-state index in [-0.39, 0.29) is 5.69 Å². The number of esters is 1. The van der Waals surface area contributed by atoms with Gasteiger partial charge in [0, 0.05) is 15.6 Å². The quantitative estimate of drug-likeness (QED) is 0.814. The molecule has 0 unspecified atom stereocenters. The Morgan fingerprint density at radius 1 is 1.35 bits per heavy atom. The van der Waals surface area contributed by atoms with Crippen molar-refractivity contribution in [2.24, 2.45) is 0 Å². The maximum absolute atomic E-state index is 11.6. The molecule has 0 saturated carbocycles. The molecule has 0 atom stereocenters. The van der Waals surface area contributed by atoms with Crippen LogP contribution in [0.1, 0.15) is 28.7 Å². The van der Waals surface area contributed by atoms with Crippen molar-refractivity contribution in [3.63, 3.8) is 0 Å². The van der Waals surface area contributed by atoms with Crippen molar-refractivity contribution in [1.82, 2.24) is 15.0 Å². The van der Waals surface area contributed by atoms with Gasteiger partial charge in [-0.3, -0.25) is 0 Å². The molecule has 2 rings (SSSR count). The Morgan fingerprint density at radius 3 is 2.55 bits per heavy atom. The molecule has 0 radical (unpaired) electrons. The molecule has 106 valence electrons. The molecular formula is C13H13Cl2N3O2. The molecule has 0 spiro atoms. The van der Waals surface area contributed by atoms with Crippen molar-refractivity contribution in [3.8, 4) is 0 Å². The summed E-state index contributed by atoms with van der Waals surface area (Å²) >= 11 is 12.3. The number of aromatic nitrogens is 3. The van der Waals surface area contributed by atoms with Crippen molar-refractivity contribution < 1.29 is 9.53 Å². The molecular weight excluding hydrogens is 301 g/mol. The van der Waals surface area contributed by atoms with E-state index in [0.717, 1.165) is 5.56 Å². The molecule has 0 saturated heterocycles. The second kappa shape index (κ2) is 6.24. The highest BCUT2D eigenvalue weighted by Crippen LogP contribution is 2.25. The zero-order valence-electron chi connectivity index (χ0n) is 11.1. The predicted octanol–water partition coefficient (Wildman–Crippen LogP) is 2.98. The molecule has 5 nitrogen and oxygen atoms in total. The van der Waals surface area contributed by atoms with Crippen LogP contribution in [0.2, 0.25) is 10.0 Å². The molecule has 0 N–H and O–H groups in total. The SMILES string of the molecule is CCc1c(C(=O)OC)nnn1Cc1c(Cl)cccc1Cl. The number of carbonyl (C=O) groups is 1. The first kappa shape index (κ1) is 14.8. The topological polar surface area (TPSA) is 57.0 Å². The minimum atomic E-state index is -0.502. The third-order valence-corrected chi connectivity index (χ3v) is 3.63. The van der Waals surface area contributed by atoms with Gasteiger partial charge in [0.2, 0.25) is 0 Å². The van der Waals surface area contributed by atoms with Crippen LogP contribution < -0.4 is 0 Å². The summed E-state index contributed by atoms with van der Waals surface area (Å²) in [6, 6.07) is 5.29. The first-order valence-corrected chi connectivity index (χ1v) is 6.77. The Hall–Kier alpha value is -1.59. The van der Waals surface area contributed by atoms with Gasteiger partial charge in [0.25, 0.3) is 0 Å². The van der Waals surface area contributed by atoms with E-state index in [0.29, 0.717) is 28.7 Å². The van der Waals surface area contributed by atoms with Crippen LogP contribution in [-0.2, 0) is 17.7 Å². The Morgan fingerprint density at radius 2 is 2.00 bits per heavy atom. The molecule has 7 heteroatoms. The third-order valence-electron chi connectivity index (χ3n) is 2.92. The normalized spacial score (nSPS) is 10.6. The van der Waals surface area contributed by atoms with Gasteiger partial charge in [-0.1, -0.05) is 41.4 Å². The van der Waals surface area contributed by atoms with Crippen LogP contribution in [0.4, 0.5) is 0 Å². The number of rotatable bonds is 4. The van der Waals surface area contributed by atoms with Crippen molar-refractivity contribution in [2.45, 2.75) is 19.9 Å². The van der Waals surface area contributed by atoms with Crippen LogP contribution >= 0.6 is 23.2 Å². The smallest absolute Gasteiger partial charge is 0.360 e. The monoisotopic (exact) mass is 313 g/mol. The van der Waals surface area contributed by atoms with Gasteiger partial charge in [-0.25, -0.2) is 9.48 Å². The number of benzene rings is 1. The van der Waals surface area contributed by atoms with Crippen molar-refractivity contribution >= 4 is 29.2 Å². The molecule has 0 amide bonds. The molecule has 0 bridgehead atoms. The van der Waals surface area contributed by atoms with Crippen LogP contribution in [-0.4, -0.2) is 28.1 Å². The Bertz CT molecular complexity index is 620. The molecule has 1 aromatic heterocycles. The lowest BCUT2D eigenvalue weighted by Crippen LogP contribution is -2.10. The molecule has 1 aromatic carbocycles. The lowest BCUT2D eigenvalue weighted by molar-refractivity contribution is 0.0592.